The third kappa shape index (κ3) is 3.58. The van der Waals surface area contributed by atoms with E-state index in [0.29, 0.717) is 19.8 Å². The third-order valence-corrected chi connectivity index (χ3v) is 5.83. The molecule has 0 spiro atoms. The Morgan fingerprint density at radius 2 is 1.31 bits per heavy atom. The molecule has 4 heteroatoms. The maximum Gasteiger partial charge on any atom is 0.184 e. The average Bonchev–Trinajstić information content (AvgIpc) is 3.43. The monoisotopic (exact) mass is 403 g/mol. The first-order valence-corrected chi connectivity index (χ1v) is 10.3. The Hall–Kier alpha value is -2.59. The van der Waals surface area contributed by atoms with E-state index in [1.807, 2.05) is 12.1 Å². The molecule has 1 fully saturated rings. The van der Waals surface area contributed by atoms with Crippen LogP contribution in [0.3, 0.4) is 0 Å². The highest BCUT2D eigenvalue weighted by Crippen LogP contribution is 2.46. The van der Waals surface area contributed by atoms with Crippen molar-refractivity contribution in [3.63, 3.8) is 0 Å². The summed E-state index contributed by atoms with van der Waals surface area (Å²) in [4.78, 5) is 2.36. The third-order valence-electron chi connectivity index (χ3n) is 5.51. The number of benzene rings is 3. The second-order valence-corrected chi connectivity index (χ2v) is 7.75. The van der Waals surface area contributed by atoms with Crippen LogP contribution < -0.4 is 4.90 Å². The topological polar surface area (TPSA) is 21.7 Å². The van der Waals surface area contributed by atoms with Crippen LogP contribution in [0.25, 0.3) is 5.57 Å². The van der Waals surface area contributed by atoms with E-state index in [9.17, 15) is 0 Å². The zero-order chi connectivity index (χ0) is 19.6. The average molecular weight is 404 g/mol. The summed E-state index contributed by atoms with van der Waals surface area (Å²) in [6.45, 7) is 1.98. The van der Waals surface area contributed by atoms with Gasteiger partial charge in [-0.1, -0.05) is 84.4 Å². The molecule has 5 rings (SSSR count). The molecule has 1 atom stereocenters. The van der Waals surface area contributed by atoms with Gasteiger partial charge in [0.1, 0.15) is 0 Å². The van der Waals surface area contributed by atoms with Gasteiger partial charge in [0.2, 0.25) is 0 Å². The Morgan fingerprint density at radius 1 is 0.724 bits per heavy atom. The fourth-order valence-electron chi connectivity index (χ4n) is 4.16. The lowest BCUT2D eigenvalue weighted by atomic mass is 9.93. The second kappa shape index (κ2) is 8.03. The van der Waals surface area contributed by atoms with Crippen LogP contribution >= 0.6 is 11.6 Å². The van der Waals surface area contributed by atoms with E-state index in [0.717, 1.165) is 27.4 Å². The molecule has 29 heavy (non-hydrogen) atoms. The van der Waals surface area contributed by atoms with E-state index < -0.39 is 0 Å². The molecular formula is C25H22ClNO2. The molecule has 2 heterocycles. The molecule has 2 aliphatic rings. The summed E-state index contributed by atoms with van der Waals surface area (Å²) >= 11 is 6.83. The van der Waals surface area contributed by atoms with E-state index in [4.69, 9.17) is 21.1 Å². The van der Waals surface area contributed by atoms with Gasteiger partial charge in [0.15, 0.2) is 6.29 Å². The number of hydrogen-bond donors (Lipinski definition) is 0. The van der Waals surface area contributed by atoms with Crippen LogP contribution in [-0.4, -0.2) is 19.8 Å². The fourth-order valence-corrected chi connectivity index (χ4v) is 4.50. The van der Waals surface area contributed by atoms with E-state index in [-0.39, 0.29) is 12.3 Å². The quantitative estimate of drug-likeness (QED) is 0.537. The van der Waals surface area contributed by atoms with Gasteiger partial charge in [-0.3, -0.25) is 0 Å². The number of ether oxygens (including phenoxy) is 2. The molecule has 1 saturated heterocycles. The maximum absolute atomic E-state index is 6.83. The molecule has 0 aromatic heterocycles. The lowest BCUT2D eigenvalue weighted by molar-refractivity contribution is -0.0441. The highest BCUT2D eigenvalue weighted by Gasteiger charge is 2.34. The zero-order valence-electron chi connectivity index (χ0n) is 16.0. The molecule has 3 nitrogen and oxygen atoms in total. The van der Waals surface area contributed by atoms with E-state index in [1.165, 1.54) is 5.56 Å². The molecule has 0 saturated carbocycles. The first-order valence-electron chi connectivity index (χ1n) is 9.90. The van der Waals surface area contributed by atoms with Gasteiger partial charge in [0.25, 0.3) is 0 Å². The molecule has 0 aliphatic carbocycles. The van der Waals surface area contributed by atoms with Crippen molar-refractivity contribution in [3.8, 4) is 0 Å². The Morgan fingerprint density at radius 3 is 1.97 bits per heavy atom. The van der Waals surface area contributed by atoms with Gasteiger partial charge in [-0.25, -0.2) is 0 Å². The molecule has 0 bridgehead atoms. The van der Waals surface area contributed by atoms with Crippen LogP contribution in [0.5, 0.6) is 0 Å². The maximum atomic E-state index is 6.83. The molecule has 3 aromatic rings. The minimum absolute atomic E-state index is 0.0479. The first-order chi connectivity index (χ1) is 14.3. The predicted octanol–water partition coefficient (Wildman–Crippen LogP) is 5.94. The van der Waals surface area contributed by atoms with Crippen LogP contribution in [0.2, 0.25) is 0 Å². The van der Waals surface area contributed by atoms with Crippen LogP contribution in [0.1, 0.15) is 29.0 Å². The van der Waals surface area contributed by atoms with Crippen LogP contribution in [0.4, 0.5) is 5.69 Å². The minimum Gasteiger partial charge on any atom is -0.355 e. The number of rotatable bonds is 4. The molecule has 0 N–H and O–H groups in total. The SMILES string of the molecule is ClC1=C(c2ccccc2)C(c2ccc(C3OCCO3)cc2)N(c2ccccc2)C1. The van der Waals surface area contributed by atoms with E-state index in [1.54, 1.807) is 0 Å². The van der Waals surface area contributed by atoms with Gasteiger partial charge >= 0.3 is 0 Å². The van der Waals surface area contributed by atoms with E-state index >= 15 is 0 Å². The molecule has 3 aromatic carbocycles. The van der Waals surface area contributed by atoms with Gasteiger partial charge in [0.05, 0.1) is 25.8 Å². The van der Waals surface area contributed by atoms with Crippen molar-refractivity contribution in [2.24, 2.45) is 0 Å². The summed E-state index contributed by atoms with van der Waals surface area (Å²) in [5.74, 6) is 0. The number of nitrogens with zero attached hydrogens (tertiary/aromatic N) is 1. The number of halogens is 1. The van der Waals surface area contributed by atoms with Crippen LogP contribution in [0.15, 0.2) is 90.0 Å². The molecule has 1 unspecified atom stereocenters. The summed E-state index contributed by atoms with van der Waals surface area (Å²) in [5.41, 5.74) is 5.73. The van der Waals surface area contributed by atoms with E-state index in [2.05, 4.69) is 77.7 Å². The fraction of sp³-hybridized carbons (Fsp3) is 0.200. The summed E-state index contributed by atoms with van der Waals surface area (Å²) in [5, 5.41) is 0.886. The van der Waals surface area contributed by atoms with Crippen molar-refractivity contribution < 1.29 is 9.47 Å². The smallest absolute Gasteiger partial charge is 0.184 e. The standard InChI is InChI=1S/C25H22ClNO2/c26-22-17-27(21-9-5-2-6-10-21)24(23(22)18-7-3-1-4-8-18)19-11-13-20(14-12-19)25-28-15-16-29-25/h1-14,24-25H,15-17H2. The molecule has 0 radical (unpaired) electrons. The molecule has 0 amide bonds. The highest BCUT2D eigenvalue weighted by atomic mass is 35.5. The van der Waals surface area contributed by atoms with Gasteiger partial charge in [-0.2, -0.15) is 0 Å². The van der Waals surface area contributed by atoms with Gasteiger partial charge in [-0.15, -0.1) is 0 Å². The lowest BCUT2D eigenvalue weighted by Crippen LogP contribution is -2.25. The largest absolute Gasteiger partial charge is 0.355 e. The van der Waals surface area contributed by atoms with Crippen LogP contribution in [-0.2, 0) is 9.47 Å². The van der Waals surface area contributed by atoms with Gasteiger partial charge in [-0.05, 0) is 23.3 Å². The number of hydrogen-bond acceptors (Lipinski definition) is 3. The number of para-hydroxylation sites is 1. The molecular weight excluding hydrogens is 382 g/mol. The molecule has 2 aliphatic heterocycles. The van der Waals surface area contributed by atoms with Gasteiger partial charge in [0, 0.05) is 21.9 Å². The zero-order valence-corrected chi connectivity index (χ0v) is 16.8. The Bertz CT molecular complexity index is 996. The van der Waals surface area contributed by atoms with Crippen molar-refractivity contribution in [2.45, 2.75) is 12.3 Å². The van der Waals surface area contributed by atoms with Crippen molar-refractivity contribution in [3.05, 3.63) is 107 Å². The minimum atomic E-state index is -0.259. The summed E-state index contributed by atoms with van der Waals surface area (Å²) in [6, 6.07) is 29.5. The summed E-state index contributed by atoms with van der Waals surface area (Å²) in [7, 11) is 0. The van der Waals surface area contributed by atoms with Gasteiger partial charge < -0.3 is 14.4 Å². The summed E-state index contributed by atoms with van der Waals surface area (Å²) < 4.78 is 11.3. The Labute approximate surface area is 176 Å². The Balaban J connectivity index is 1.56. The van der Waals surface area contributed by atoms with Crippen molar-refractivity contribution in [1.82, 2.24) is 0 Å². The van der Waals surface area contributed by atoms with Crippen molar-refractivity contribution in [1.29, 1.82) is 0 Å². The Kier molecular flexibility index (Phi) is 5.11. The highest BCUT2D eigenvalue weighted by molar-refractivity contribution is 6.34. The van der Waals surface area contributed by atoms with Crippen LogP contribution in [0, 0.1) is 0 Å². The lowest BCUT2D eigenvalue weighted by Gasteiger charge is -2.30. The number of anilines is 1. The first kappa shape index (κ1) is 18.4. The summed E-state index contributed by atoms with van der Waals surface area (Å²) in [6.07, 6.45) is -0.259. The van der Waals surface area contributed by atoms with Crippen molar-refractivity contribution in [2.75, 3.05) is 24.7 Å². The molecule has 146 valence electrons. The normalized spacial score (nSPS) is 19.9. The van der Waals surface area contributed by atoms with Crippen molar-refractivity contribution >= 4 is 22.9 Å². The predicted molar refractivity (Wildman–Crippen MR) is 117 cm³/mol. The second-order valence-electron chi connectivity index (χ2n) is 7.29.